The smallest absolute Gasteiger partial charge is 0 e. The van der Waals surface area contributed by atoms with Gasteiger partial charge >= 0.3 is 0 Å². The van der Waals surface area contributed by atoms with E-state index < -0.39 is 0 Å². The Balaban J connectivity index is 0. The van der Waals surface area contributed by atoms with Gasteiger partial charge in [-0.1, -0.05) is 0 Å². The first-order chi connectivity index (χ1) is 0. The van der Waals surface area contributed by atoms with Gasteiger partial charge in [-0.15, -0.1) is 0 Å². The molecule has 0 saturated heterocycles. The summed E-state index contributed by atoms with van der Waals surface area (Å²) in [5.41, 5.74) is 0. The quantitative estimate of drug-likeness (QED) is 0.388. The van der Waals surface area contributed by atoms with Crippen LogP contribution in [-0.4, -0.2) is 0 Å². The molecule has 0 aliphatic rings. The Hall–Kier alpha value is 0.741. The number of halogens is 5. The average molecular weight is 326 g/mol. The largest absolute Gasteiger partial charge is 1.00 e. The van der Waals surface area contributed by atoms with E-state index in [1.165, 1.54) is 0 Å². The molecule has 0 aromatic carbocycles. The summed E-state index contributed by atoms with van der Waals surface area (Å²) < 4.78 is 0. The van der Waals surface area contributed by atoms with Crippen molar-refractivity contribution in [3.8, 4) is 0 Å². The molecule has 0 unspecified atom stereocenters. The molecule has 0 fully saturated rings. The van der Waals surface area contributed by atoms with Gasteiger partial charge in [-0.05, 0) is 0 Å². The zero-order valence-electron chi connectivity index (χ0n) is 2.47. The van der Waals surface area contributed by atoms with Crippen LogP contribution in [0.3, 0.4) is 0 Å². The van der Waals surface area contributed by atoms with Crippen molar-refractivity contribution < 1.29 is 55.8 Å². The van der Waals surface area contributed by atoms with E-state index in [0.29, 0.717) is 0 Å². The number of rotatable bonds is 0. The Labute approximate surface area is 56.0 Å². The second-order valence-corrected chi connectivity index (χ2v) is 0. The molecule has 43 valence electrons. The number of hydrogen-bond donors (Lipinski definition) is 0. The van der Waals surface area contributed by atoms with Crippen LogP contribution < -0.4 is 23.5 Å². The fraction of sp³-hybridized carbons (Fsp3) is 0. The third kappa shape index (κ3) is 121. The molecule has 0 nitrogen and oxygen atoms in total. The van der Waals surface area contributed by atoms with Gasteiger partial charge in [0, 0.05) is 32.3 Å². The second kappa shape index (κ2) is 235. The zero-order valence-corrected chi connectivity index (χ0v) is 7.27. The summed E-state index contributed by atoms with van der Waals surface area (Å²) >= 11 is 0. The molecule has 0 spiro atoms. The van der Waals surface area contributed by atoms with Crippen molar-refractivity contribution >= 4 is 0 Å². The Kier molecular flexibility index (Phi) is 15900. The summed E-state index contributed by atoms with van der Waals surface area (Å²) in [7, 11) is 0. The molecule has 0 rings (SSSR count). The summed E-state index contributed by atoms with van der Waals surface area (Å²) in [6, 6.07) is 0. The number of hydrogen-bond acceptors (Lipinski definition) is 0. The van der Waals surface area contributed by atoms with E-state index in [1.54, 1.807) is 0 Å². The van der Waals surface area contributed by atoms with Crippen LogP contribution in [0.2, 0.25) is 0 Å². The Morgan fingerprint density at radius 2 is 0.333 bits per heavy atom. The maximum atomic E-state index is 0. The van der Waals surface area contributed by atoms with Gasteiger partial charge in [-0.2, -0.15) is 0 Å². The van der Waals surface area contributed by atoms with Crippen molar-refractivity contribution in [3.05, 3.63) is 0 Å². The molecular formula is F5Pa-5. The van der Waals surface area contributed by atoms with Crippen LogP contribution in [0.25, 0.3) is 0 Å². The molecular weight excluding hydrogens is 326 g/mol. The zero-order chi connectivity index (χ0) is 0. The summed E-state index contributed by atoms with van der Waals surface area (Å²) in [6.07, 6.45) is 0. The first-order valence-corrected chi connectivity index (χ1v) is 0. The topological polar surface area (TPSA) is 0 Å². The van der Waals surface area contributed by atoms with Gasteiger partial charge in [0.1, 0.15) is 0 Å². The molecule has 0 aliphatic carbocycles. The van der Waals surface area contributed by atoms with Gasteiger partial charge in [0.15, 0.2) is 0 Å². The second-order valence-electron chi connectivity index (χ2n) is 0. The van der Waals surface area contributed by atoms with Crippen LogP contribution in [0.4, 0.5) is 0 Å². The van der Waals surface area contributed by atoms with E-state index in [-0.39, 0.29) is 55.8 Å². The van der Waals surface area contributed by atoms with Crippen LogP contribution in [0, 0.1) is 32.3 Å². The maximum Gasteiger partial charge on any atom is 0 e. The van der Waals surface area contributed by atoms with Crippen LogP contribution in [0.5, 0.6) is 0 Å². The van der Waals surface area contributed by atoms with E-state index >= 15 is 0 Å². The van der Waals surface area contributed by atoms with Gasteiger partial charge in [-0.25, -0.2) is 0 Å². The van der Waals surface area contributed by atoms with Crippen molar-refractivity contribution in [2.24, 2.45) is 0 Å². The van der Waals surface area contributed by atoms with Gasteiger partial charge in [-0.3, -0.25) is 0 Å². The minimum atomic E-state index is 0. The predicted molar refractivity (Wildman–Crippen MR) is 0 cm³/mol. The predicted octanol–water partition coefficient (Wildman–Crippen LogP) is -15.0. The molecule has 0 heterocycles. The van der Waals surface area contributed by atoms with E-state index in [4.69, 9.17) is 0 Å². The maximum absolute atomic E-state index is 0. The Morgan fingerprint density at radius 1 is 0.333 bits per heavy atom. The first kappa shape index (κ1) is 405. The third-order valence-electron chi connectivity index (χ3n) is 0. The van der Waals surface area contributed by atoms with Crippen LogP contribution in [-0.2, 0) is 0 Å². The molecule has 0 aromatic heterocycles. The average Bonchev–Trinajstić information content (AvgIpc) is 0. The summed E-state index contributed by atoms with van der Waals surface area (Å²) in [4.78, 5) is 0. The Bertz CT molecular complexity index is 3.90. The summed E-state index contributed by atoms with van der Waals surface area (Å²) in [5.74, 6) is 0. The van der Waals surface area contributed by atoms with E-state index in [9.17, 15) is 0 Å². The summed E-state index contributed by atoms with van der Waals surface area (Å²) in [6.45, 7) is 0. The van der Waals surface area contributed by atoms with Crippen LogP contribution in [0.15, 0.2) is 0 Å². The molecule has 0 aliphatic heterocycles. The van der Waals surface area contributed by atoms with Gasteiger partial charge in [0.05, 0.1) is 0 Å². The third-order valence-corrected chi connectivity index (χ3v) is 0. The Morgan fingerprint density at radius 3 is 0.333 bits per heavy atom. The molecule has 0 N–H and O–H groups in total. The normalized spacial score (nSPS) is 0. The molecule has 0 bridgehead atoms. The van der Waals surface area contributed by atoms with E-state index in [0.717, 1.165) is 0 Å². The molecule has 0 saturated carbocycles. The van der Waals surface area contributed by atoms with Crippen molar-refractivity contribution in [2.45, 2.75) is 0 Å². The molecule has 1 radical (unpaired) electrons. The van der Waals surface area contributed by atoms with Gasteiger partial charge in [0.25, 0.3) is 0 Å². The summed E-state index contributed by atoms with van der Waals surface area (Å²) in [5, 5.41) is 0. The van der Waals surface area contributed by atoms with Crippen molar-refractivity contribution in [1.82, 2.24) is 0 Å². The molecule has 6 heteroatoms. The fourth-order valence-corrected chi connectivity index (χ4v) is 0. The van der Waals surface area contributed by atoms with Crippen molar-refractivity contribution in [3.63, 3.8) is 0 Å². The van der Waals surface area contributed by atoms with E-state index in [2.05, 4.69) is 0 Å². The van der Waals surface area contributed by atoms with Crippen LogP contribution >= 0.6 is 0 Å². The van der Waals surface area contributed by atoms with Crippen molar-refractivity contribution in [2.75, 3.05) is 0 Å². The minimum absolute atomic E-state index is 0. The van der Waals surface area contributed by atoms with Gasteiger partial charge < -0.3 is 23.5 Å². The molecule has 0 aromatic rings. The van der Waals surface area contributed by atoms with E-state index in [1.807, 2.05) is 0 Å². The molecule has 6 heavy (non-hydrogen) atoms. The van der Waals surface area contributed by atoms with Gasteiger partial charge in [0.2, 0.25) is 0 Å². The fourth-order valence-electron chi connectivity index (χ4n) is 0. The molecule has 0 amide bonds. The van der Waals surface area contributed by atoms with Crippen LogP contribution in [0.1, 0.15) is 0 Å². The molecule has 0 atom stereocenters. The standard InChI is InChI=1S/5FH.Pa/h5*1H;/p-5. The van der Waals surface area contributed by atoms with Crippen molar-refractivity contribution in [1.29, 1.82) is 0 Å². The SMILES string of the molecule is [F-].[F-].[F-].[F-].[F-].[Pa]. The first-order valence-electron chi connectivity index (χ1n) is 0. The minimum Gasteiger partial charge on any atom is -1.00 e. The monoisotopic (exact) mass is 326 g/mol.